The van der Waals surface area contributed by atoms with Gasteiger partial charge in [0.2, 0.25) is 0 Å². The van der Waals surface area contributed by atoms with Gasteiger partial charge in [-0.3, -0.25) is 15.3 Å². The second kappa shape index (κ2) is 5.53. The van der Waals surface area contributed by atoms with Gasteiger partial charge < -0.3 is 4.74 Å². The predicted molar refractivity (Wildman–Crippen MR) is 49.3 cm³/mol. The summed E-state index contributed by atoms with van der Waals surface area (Å²) in [6.07, 6.45) is 1.34. The highest BCUT2D eigenvalue weighted by molar-refractivity contribution is 5.71. The number of esters is 1. The molecule has 0 aliphatic heterocycles. The molecule has 0 amide bonds. The van der Waals surface area contributed by atoms with Crippen molar-refractivity contribution >= 4 is 12.3 Å². The smallest absolute Gasteiger partial charge is 0.335 e. The van der Waals surface area contributed by atoms with Crippen LogP contribution in [-0.2, 0) is 14.4 Å². The molecule has 1 N–H and O–H groups in total. The first-order chi connectivity index (χ1) is 5.95. The average molecular weight is 188 g/mol. The molecule has 0 atom stereocenters. The largest absolute Gasteiger partial charge is 0.458 e. The van der Waals surface area contributed by atoms with E-state index in [1.807, 2.05) is 0 Å². The van der Waals surface area contributed by atoms with Crippen LogP contribution in [-0.4, -0.2) is 31.6 Å². The van der Waals surface area contributed by atoms with Gasteiger partial charge in [0.1, 0.15) is 11.9 Å². The van der Waals surface area contributed by atoms with E-state index >= 15 is 0 Å². The number of aliphatic imine (C=N–C) groups is 1. The molecule has 0 saturated heterocycles. The van der Waals surface area contributed by atoms with Crippen LogP contribution in [0.5, 0.6) is 0 Å². The molecule has 0 unspecified atom stereocenters. The van der Waals surface area contributed by atoms with Crippen molar-refractivity contribution in [2.24, 2.45) is 4.99 Å². The summed E-state index contributed by atoms with van der Waals surface area (Å²) in [5.74, 6) is -0.412. The minimum absolute atomic E-state index is 0.136. The number of carbonyl (C=O) groups excluding carboxylic acids is 1. The number of hydroxylamine groups is 1. The summed E-state index contributed by atoms with van der Waals surface area (Å²) in [6.45, 7) is 5.26. The number of rotatable bonds is 4. The SMILES string of the molecule is CN=CNOCC(=O)OC(C)(C)C. The van der Waals surface area contributed by atoms with E-state index in [-0.39, 0.29) is 6.61 Å². The summed E-state index contributed by atoms with van der Waals surface area (Å²) in [5, 5.41) is 0. The molecule has 0 saturated carbocycles. The number of nitrogens with zero attached hydrogens (tertiary/aromatic N) is 1. The topological polar surface area (TPSA) is 59.9 Å². The Balaban J connectivity index is 3.52. The fourth-order valence-corrected chi connectivity index (χ4v) is 0.562. The highest BCUT2D eigenvalue weighted by Crippen LogP contribution is 2.06. The monoisotopic (exact) mass is 188 g/mol. The molecule has 5 nitrogen and oxygen atoms in total. The van der Waals surface area contributed by atoms with Gasteiger partial charge in [-0.1, -0.05) is 0 Å². The summed E-state index contributed by atoms with van der Waals surface area (Å²) < 4.78 is 4.97. The molecule has 0 bridgehead atoms. The third-order valence-corrected chi connectivity index (χ3v) is 0.875. The van der Waals surface area contributed by atoms with E-state index in [4.69, 9.17) is 9.57 Å². The Morgan fingerprint density at radius 3 is 2.62 bits per heavy atom. The quantitative estimate of drug-likeness (QED) is 0.229. The molecule has 0 rings (SSSR count). The van der Waals surface area contributed by atoms with Crippen molar-refractivity contribution in [1.29, 1.82) is 0 Å². The van der Waals surface area contributed by atoms with Crippen molar-refractivity contribution in [3.05, 3.63) is 0 Å². The lowest BCUT2D eigenvalue weighted by molar-refractivity contribution is -0.161. The summed E-state index contributed by atoms with van der Waals surface area (Å²) in [6, 6.07) is 0. The molecule has 0 aromatic carbocycles. The second-order valence-electron chi connectivity index (χ2n) is 3.38. The number of hydrogen-bond donors (Lipinski definition) is 1. The third-order valence-electron chi connectivity index (χ3n) is 0.875. The van der Waals surface area contributed by atoms with E-state index in [0.717, 1.165) is 0 Å². The van der Waals surface area contributed by atoms with Crippen LogP contribution in [0.1, 0.15) is 20.8 Å². The minimum atomic E-state index is -0.473. The lowest BCUT2D eigenvalue weighted by Gasteiger charge is -2.18. The van der Waals surface area contributed by atoms with Gasteiger partial charge in [0.15, 0.2) is 6.61 Å². The summed E-state index contributed by atoms with van der Waals surface area (Å²) in [4.78, 5) is 19.3. The molecular formula is C8H16N2O3. The Labute approximate surface area is 78.1 Å². The van der Waals surface area contributed by atoms with Crippen LogP contribution in [0.3, 0.4) is 0 Å². The highest BCUT2D eigenvalue weighted by atomic mass is 16.7. The Hall–Kier alpha value is -1.10. The lowest BCUT2D eigenvalue weighted by Crippen LogP contribution is -2.28. The van der Waals surface area contributed by atoms with Gasteiger partial charge in [-0.2, -0.15) is 0 Å². The van der Waals surface area contributed by atoms with Crippen molar-refractivity contribution in [3.8, 4) is 0 Å². The zero-order valence-electron chi connectivity index (χ0n) is 8.46. The van der Waals surface area contributed by atoms with Gasteiger partial charge in [-0.15, -0.1) is 0 Å². The molecule has 76 valence electrons. The second-order valence-corrected chi connectivity index (χ2v) is 3.38. The normalized spacial score (nSPS) is 11.7. The molecule has 0 aromatic rings. The van der Waals surface area contributed by atoms with Crippen LogP contribution in [0.25, 0.3) is 0 Å². The van der Waals surface area contributed by atoms with Gasteiger partial charge in [-0.25, -0.2) is 4.79 Å². The first kappa shape index (κ1) is 11.9. The van der Waals surface area contributed by atoms with Crippen LogP contribution >= 0.6 is 0 Å². The van der Waals surface area contributed by atoms with Crippen molar-refractivity contribution < 1.29 is 14.4 Å². The highest BCUT2D eigenvalue weighted by Gasteiger charge is 2.15. The molecule has 0 aliphatic rings. The van der Waals surface area contributed by atoms with E-state index in [1.165, 1.54) is 6.34 Å². The molecule has 0 aliphatic carbocycles. The molecular weight excluding hydrogens is 172 g/mol. The average Bonchev–Trinajstić information content (AvgIpc) is 1.94. The maximum atomic E-state index is 11.0. The molecule has 0 radical (unpaired) electrons. The fraction of sp³-hybridized carbons (Fsp3) is 0.750. The number of ether oxygens (including phenoxy) is 1. The maximum absolute atomic E-state index is 11.0. The Bertz CT molecular complexity index is 184. The Kier molecular flexibility index (Phi) is 5.06. The predicted octanol–water partition coefficient (Wildman–Crippen LogP) is 0.507. The minimum Gasteiger partial charge on any atom is -0.458 e. The molecule has 0 aromatic heterocycles. The molecule has 0 heterocycles. The fourth-order valence-electron chi connectivity index (χ4n) is 0.562. The number of hydrogen-bond acceptors (Lipinski definition) is 4. The van der Waals surface area contributed by atoms with Crippen molar-refractivity contribution in [1.82, 2.24) is 5.48 Å². The third kappa shape index (κ3) is 8.81. The molecule has 0 fully saturated rings. The van der Waals surface area contributed by atoms with Crippen LogP contribution in [0, 0.1) is 0 Å². The van der Waals surface area contributed by atoms with E-state index in [9.17, 15) is 4.79 Å². The van der Waals surface area contributed by atoms with Crippen molar-refractivity contribution in [2.75, 3.05) is 13.7 Å². The van der Waals surface area contributed by atoms with Crippen LogP contribution in [0.15, 0.2) is 4.99 Å². The number of nitrogens with one attached hydrogen (secondary N) is 1. The summed E-state index contributed by atoms with van der Waals surface area (Å²) in [5.41, 5.74) is 1.89. The van der Waals surface area contributed by atoms with Gasteiger partial charge in [0.05, 0.1) is 0 Å². The zero-order chi connectivity index (χ0) is 10.3. The Morgan fingerprint density at radius 1 is 1.54 bits per heavy atom. The number of carbonyl (C=O) groups is 1. The van der Waals surface area contributed by atoms with Crippen LogP contribution in [0.2, 0.25) is 0 Å². The standard InChI is InChI=1S/C8H16N2O3/c1-8(2,3)13-7(11)5-12-10-6-9-4/h6H,5H2,1-4H3,(H,9,10). The van der Waals surface area contributed by atoms with Gasteiger partial charge in [0.25, 0.3) is 0 Å². The first-order valence-electron chi connectivity index (χ1n) is 3.95. The van der Waals surface area contributed by atoms with E-state index < -0.39 is 11.6 Å². The first-order valence-corrected chi connectivity index (χ1v) is 3.95. The van der Waals surface area contributed by atoms with Gasteiger partial charge in [0, 0.05) is 7.05 Å². The molecule has 13 heavy (non-hydrogen) atoms. The zero-order valence-corrected chi connectivity index (χ0v) is 8.46. The van der Waals surface area contributed by atoms with Gasteiger partial charge >= 0.3 is 5.97 Å². The van der Waals surface area contributed by atoms with Crippen LogP contribution in [0.4, 0.5) is 0 Å². The van der Waals surface area contributed by atoms with E-state index in [1.54, 1.807) is 27.8 Å². The van der Waals surface area contributed by atoms with Crippen molar-refractivity contribution in [2.45, 2.75) is 26.4 Å². The molecule has 5 heteroatoms. The lowest BCUT2D eigenvalue weighted by atomic mass is 10.2. The maximum Gasteiger partial charge on any atom is 0.335 e. The van der Waals surface area contributed by atoms with Crippen LogP contribution < -0.4 is 5.48 Å². The van der Waals surface area contributed by atoms with Gasteiger partial charge in [-0.05, 0) is 20.8 Å². The summed E-state index contributed by atoms with van der Waals surface area (Å²) in [7, 11) is 1.59. The van der Waals surface area contributed by atoms with Crippen molar-refractivity contribution in [3.63, 3.8) is 0 Å². The van der Waals surface area contributed by atoms with E-state index in [0.29, 0.717) is 0 Å². The Morgan fingerprint density at radius 2 is 2.15 bits per heavy atom. The summed E-state index contributed by atoms with van der Waals surface area (Å²) >= 11 is 0. The molecule has 0 spiro atoms. The van der Waals surface area contributed by atoms with E-state index in [2.05, 4.69) is 10.5 Å².